The molecule has 0 saturated carbocycles. The Morgan fingerprint density at radius 2 is 2.20 bits per heavy atom. The average Bonchev–Trinajstić information content (AvgIpc) is 2.28. The summed E-state index contributed by atoms with van der Waals surface area (Å²) in [6.45, 7) is 0.511. The molecule has 0 aromatic heterocycles. The normalized spacial score (nSPS) is 9.87. The number of nitrogens with one attached hydrogen (secondary N) is 1. The molecular formula is C11H12N2O2. The van der Waals surface area contributed by atoms with Crippen LogP contribution in [0.15, 0.2) is 29.3 Å². The fourth-order valence-corrected chi connectivity index (χ4v) is 0.960. The Hall–Kier alpha value is -1.99. The number of terminal acetylenes is 1. The van der Waals surface area contributed by atoms with Gasteiger partial charge in [-0.1, -0.05) is 0 Å². The van der Waals surface area contributed by atoms with Gasteiger partial charge in [-0.05, 0) is 24.3 Å². The molecule has 1 aromatic carbocycles. The molecule has 0 aliphatic heterocycles. The minimum absolute atomic E-state index is 0.511. The van der Waals surface area contributed by atoms with Crippen LogP contribution in [0.25, 0.3) is 0 Å². The predicted molar refractivity (Wildman–Crippen MR) is 58.5 cm³/mol. The molecule has 2 N–H and O–H groups in total. The van der Waals surface area contributed by atoms with Crippen molar-refractivity contribution in [2.45, 2.75) is 6.42 Å². The van der Waals surface area contributed by atoms with Gasteiger partial charge in [0.05, 0.1) is 12.3 Å². The molecule has 0 amide bonds. The summed E-state index contributed by atoms with van der Waals surface area (Å²) >= 11 is 0. The van der Waals surface area contributed by atoms with Gasteiger partial charge in [-0.3, -0.25) is 10.7 Å². The largest absolute Gasteiger partial charge is 0.493 e. The highest BCUT2D eigenvalue weighted by molar-refractivity contribution is 5.59. The molecule has 0 bridgehead atoms. The van der Waals surface area contributed by atoms with Crippen LogP contribution in [0.2, 0.25) is 0 Å². The van der Waals surface area contributed by atoms with Crippen molar-refractivity contribution in [3.8, 4) is 18.1 Å². The predicted octanol–water partition coefficient (Wildman–Crippen LogP) is 1.73. The second-order valence-electron chi connectivity index (χ2n) is 2.68. The Labute approximate surface area is 88.6 Å². The Bertz CT molecular complexity index is 352. The van der Waals surface area contributed by atoms with Gasteiger partial charge in [-0.25, -0.2) is 4.99 Å². The van der Waals surface area contributed by atoms with Crippen molar-refractivity contribution >= 4 is 12.0 Å². The summed E-state index contributed by atoms with van der Waals surface area (Å²) < 4.78 is 5.35. The second kappa shape index (κ2) is 6.46. The van der Waals surface area contributed by atoms with E-state index >= 15 is 0 Å². The van der Waals surface area contributed by atoms with E-state index in [0.717, 1.165) is 11.4 Å². The molecule has 4 heteroatoms. The van der Waals surface area contributed by atoms with Crippen molar-refractivity contribution in [1.82, 2.24) is 5.48 Å². The van der Waals surface area contributed by atoms with E-state index < -0.39 is 0 Å². The SMILES string of the molecule is C#CCCOc1ccc(N=CNO)cc1. The third-order valence-electron chi connectivity index (χ3n) is 1.62. The van der Waals surface area contributed by atoms with Gasteiger partial charge < -0.3 is 4.74 Å². The Morgan fingerprint density at radius 3 is 2.80 bits per heavy atom. The molecule has 78 valence electrons. The lowest BCUT2D eigenvalue weighted by atomic mass is 10.3. The molecule has 0 radical (unpaired) electrons. The third-order valence-corrected chi connectivity index (χ3v) is 1.62. The van der Waals surface area contributed by atoms with Crippen LogP contribution >= 0.6 is 0 Å². The number of hydrogen-bond donors (Lipinski definition) is 2. The first-order chi connectivity index (χ1) is 7.36. The maximum absolute atomic E-state index is 8.28. The van der Waals surface area contributed by atoms with E-state index in [0.29, 0.717) is 13.0 Å². The van der Waals surface area contributed by atoms with E-state index in [1.54, 1.807) is 24.3 Å². The Kier molecular flexibility index (Phi) is 4.78. The van der Waals surface area contributed by atoms with E-state index in [2.05, 4.69) is 10.9 Å². The number of nitrogens with zero attached hydrogens (tertiary/aromatic N) is 1. The summed E-state index contributed by atoms with van der Waals surface area (Å²) in [7, 11) is 0. The van der Waals surface area contributed by atoms with Crippen molar-refractivity contribution in [2.75, 3.05) is 6.61 Å². The third kappa shape index (κ3) is 4.16. The summed E-state index contributed by atoms with van der Waals surface area (Å²) in [6.07, 6.45) is 6.87. The zero-order chi connectivity index (χ0) is 10.9. The molecule has 0 saturated heterocycles. The van der Waals surface area contributed by atoms with Gasteiger partial charge >= 0.3 is 0 Å². The van der Waals surface area contributed by atoms with Gasteiger partial charge in [0.25, 0.3) is 0 Å². The zero-order valence-corrected chi connectivity index (χ0v) is 8.18. The molecule has 0 heterocycles. The number of aliphatic imine (C=N–C) groups is 1. The van der Waals surface area contributed by atoms with Crippen LogP contribution < -0.4 is 10.2 Å². The van der Waals surface area contributed by atoms with Crippen molar-refractivity contribution < 1.29 is 9.94 Å². The quantitative estimate of drug-likeness (QED) is 0.252. The fourth-order valence-electron chi connectivity index (χ4n) is 0.960. The minimum Gasteiger partial charge on any atom is -0.493 e. The molecule has 0 aliphatic rings. The number of rotatable bonds is 5. The molecule has 0 unspecified atom stereocenters. The van der Waals surface area contributed by atoms with Crippen molar-refractivity contribution in [3.63, 3.8) is 0 Å². The molecule has 0 spiro atoms. The summed E-state index contributed by atoms with van der Waals surface area (Å²) in [5.41, 5.74) is 2.55. The van der Waals surface area contributed by atoms with Gasteiger partial charge in [-0.2, -0.15) is 0 Å². The molecule has 4 nitrogen and oxygen atoms in total. The summed E-state index contributed by atoms with van der Waals surface area (Å²) in [5, 5.41) is 8.28. The molecule has 1 rings (SSSR count). The molecule has 15 heavy (non-hydrogen) atoms. The second-order valence-corrected chi connectivity index (χ2v) is 2.68. The smallest absolute Gasteiger partial charge is 0.119 e. The first-order valence-electron chi connectivity index (χ1n) is 4.45. The Morgan fingerprint density at radius 1 is 1.47 bits per heavy atom. The topological polar surface area (TPSA) is 53.8 Å². The van der Waals surface area contributed by atoms with Crippen LogP contribution in [0.3, 0.4) is 0 Å². The van der Waals surface area contributed by atoms with Gasteiger partial charge in [0.2, 0.25) is 0 Å². The van der Waals surface area contributed by atoms with E-state index in [4.69, 9.17) is 16.4 Å². The van der Waals surface area contributed by atoms with Crippen LogP contribution in [-0.4, -0.2) is 18.2 Å². The first-order valence-corrected chi connectivity index (χ1v) is 4.45. The first kappa shape index (κ1) is 11.1. The van der Waals surface area contributed by atoms with Gasteiger partial charge in [0, 0.05) is 6.42 Å². The molecule has 1 aromatic rings. The fraction of sp³-hybridized carbons (Fsp3) is 0.182. The number of hydrogen-bond acceptors (Lipinski definition) is 3. The van der Waals surface area contributed by atoms with Gasteiger partial charge in [0.15, 0.2) is 0 Å². The van der Waals surface area contributed by atoms with Crippen molar-refractivity contribution in [3.05, 3.63) is 24.3 Å². The van der Waals surface area contributed by atoms with Crippen LogP contribution in [-0.2, 0) is 0 Å². The molecule has 0 fully saturated rings. The maximum atomic E-state index is 8.28. The highest BCUT2D eigenvalue weighted by Crippen LogP contribution is 2.17. The van der Waals surface area contributed by atoms with Crippen molar-refractivity contribution in [1.29, 1.82) is 0 Å². The van der Waals surface area contributed by atoms with Gasteiger partial charge in [0.1, 0.15) is 12.1 Å². The number of ether oxygens (including phenoxy) is 1. The number of hydroxylamine groups is 1. The monoisotopic (exact) mass is 204 g/mol. The summed E-state index contributed by atoms with van der Waals surface area (Å²) in [4.78, 5) is 3.89. The average molecular weight is 204 g/mol. The summed E-state index contributed by atoms with van der Waals surface area (Å²) in [6, 6.07) is 7.14. The highest BCUT2D eigenvalue weighted by Gasteiger charge is 1.92. The lowest BCUT2D eigenvalue weighted by molar-refractivity contribution is 0.240. The maximum Gasteiger partial charge on any atom is 0.119 e. The number of benzene rings is 1. The lowest BCUT2D eigenvalue weighted by Crippen LogP contribution is -2.00. The van der Waals surface area contributed by atoms with Crippen LogP contribution in [0.1, 0.15) is 6.42 Å². The zero-order valence-electron chi connectivity index (χ0n) is 8.18. The lowest BCUT2D eigenvalue weighted by Gasteiger charge is -2.03. The van der Waals surface area contributed by atoms with E-state index in [1.165, 1.54) is 6.34 Å². The highest BCUT2D eigenvalue weighted by atomic mass is 16.5. The van der Waals surface area contributed by atoms with Gasteiger partial charge in [-0.15, -0.1) is 12.3 Å². The standard InChI is InChI=1S/C11H12N2O2/c1-2-3-8-15-11-6-4-10(5-7-11)12-9-13-14/h1,4-7,9,14H,3,8H2,(H,12,13). The van der Waals surface area contributed by atoms with E-state index in [9.17, 15) is 0 Å². The van der Waals surface area contributed by atoms with E-state index in [-0.39, 0.29) is 0 Å². The molecule has 0 atom stereocenters. The Balaban J connectivity index is 2.49. The molecular weight excluding hydrogens is 192 g/mol. The van der Waals surface area contributed by atoms with Crippen LogP contribution in [0.5, 0.6) is 5.75 Å². The molecule has 0 aliphatic carbocycles. The minimum atomic E-state index is 0.511. The van der Waals surface area contributed by atoms with Crippen molar-refractivity contribution in [2.24, 2.45) is 4.99 Å². The van der Waals surface area contributed by atoms with Crippen LogP contribution in [0, 0.1) is 12.3 Å². The summed E-state index contributed by atoms with van der Waals surface area (Å²) in [5.74, 6) is 3.24. The van der Waals surface area contributed by atoms with Crippen LogP contribution in [0.4, 0.5) is 5.69 Å². The van der Waals surface area contributed by atoms with E-state index in [1.807, 2.05) is 5.48 Å².